The summed E-state index contributed by atoms with van der Waals surface area (Å²) in [7, 11) is 0. The van der Waals surface area contributed by atoms with Crippen LogP contribution >= 0.6 is 11.8 Å². The van der Waals surface area contributed by atoms with Gasteiger partial charge >= 0.3 is 0 Å². The molecule has 1 aliphatic rings. The van der Waals surface area contributed by atoms with Gasteiger partial charge in [0.1, 0.15) is 0 Å². The first kappa shape index (κ1) is 15.9. The molecule has 0 aliphatic carbocycles. The molecule has 0 bridgehead atoms. The molecular weight excluding hydrogens is 264 g/mol. The molecule has 0 amide bonds. The van der Waals surface area contributed by atoms with E-state index in [1.165, 1.54) is 49.5 Å². The van der Waals surface area contributed by atoms with Crippen molar-refractivity contribution in [2.24, 2.45) is 0 Å². The fraction of sp³-hybridized carbons (Fsp3) is 0.647. The summed E-state index contributed by atoms with van der Waals surface area (Å²) in [5, 5.41) is 3.70. The van der Waals surface area contributed by atoms with Crippen molar-refractivity contribution in [2.45, 2.75) is 50.1 Å². The first-order chi connectivity index (χ1) is 9.79. The van der Waals surface area contributed by atoms with Gasteiger partial charge in [-0.2, -0.15) is 0 Å². The summed E-state index contributed by atoms with van der Waals surface area (Å²) in [6.45, 7) is 8.25. The van der Waals surface area contributed by atoms with Crippen LogP contribution in [0.15, 0.2) is 35.2 Å². The van der Waals surface area contributed by atoms with Gasteiger partial charge in [-0.25, -0.2) is 0 Å². The highest BCUT2D eigenvalue weighted by atomic mass is 32.2. The van der Waals surface area contributed by atoms with E-state index < -0.39 is 0 Å². The third kappa shape index (κ3) is 5.12. The van der Waals surface area contributed by atoms with E-state index in [4.69, 9.17) is 0 Å². The van der Waals surface area contributed by atoms with Crippen molar-refractivity contribution in [1.82, 2.24) is 10.2 Å². The Hall–Kier alpha value is -0.510. The summed E-state index contributed by atoms with van der Waals surface area (Å²) >= 11 is 1.98. The van der Waals surface area contributed by atoms with Crippen LogP contribution in [-0.2, 0) is 0 Å². The van der Waals surface area contributed by atoms with E-state index in [0.29, 0.717) is 12.1 Å². The highest BCUT2D eigenvalue weighted by molar-refractivity contribution is 7.99. The van der Waals surface area contributed by atoms with Gasteiger partial charge in [0.25, 0.3) is 0 Å². The number of hydrogen-bond donors (Lipinski definition) is 1. The molecule has 2 rings (SSSR count). The predicted molar refractivity (Wildman–Crippen MR) is 89.5 cm³/mol. The Labute approximate surface area is 128 Å². The van der Waals surface area contributed by atoms with Crippen molar-refractivity contribution in [3.63, 3.8) is 0 Å². The molecule has 0 saturated carbocycles. The minimum atomic E-state index is 0.687. The first-order valence-corrected chi connectivity index (χ1v) is 8.93. The molecule has 1 aromatic rings. The van der Waals surface area contributed by atoms with E-state index in [0.717, 1.165) is 0 Å². The lowest BCUT2D eigenvalue weighted by atomic mass is 10.1. The highest BCUT2D eigenvalue weighted by Gasteiger charge is 2.21. The van der Waals surface area contributed by atoms with Crippen molar-refractivity contribution < 1.29 is 0 Å². The summed E-state index contributed by atoms with van der Waals surface area (Å²) in [6, 6.07) is 12.1. The van der Waals surface area contributed by atoms with Gasteiger partial charge in [-0.3, -0.25) is 4.90 Å². The second kappa shape index (κ2) is 8.71. The van der Waals surface area contributed by atoms with Crippen molar-refractivity contribution in [2.75, 3.05) is 25.4 Å². The molecule has 1 heterocycles. The lowest BCUT2D eigenvalue weighted by Gasteiger charge is -2.28. The highest BCUT2D eigenvalue weighted by Crippen LogP contribution is 2.18. The number of thioether (sulfide) groups is 1. The van der Waals surface area contributed by atoms with E-state index in [-0.39, 0.29) is 0 Å². The molecule has 1 aliphatic heterocycles. The summed E-state index contributed by atoms with van der Waals surface area (Å²) in [4.78, 5) is 4.06. The Kier molecular flexibility index (Phi) is 6.91. The van der Waals surface area contributed by atoms with E-state index in [2.05, 4.69) is 54.4 Å². The SMILES string of the molecule is CCCC1CN(CCSc2ccccc2)C(C)CCN1. The Morgan fingerprint density at radius 3 is 2.85 bits per heavy atom. The molecule has 2 nitrogen and oxygen atoms in total. The maximum atomic E-state index is 3.70. The molecule has 112 valence electrons. The zero-order valence-electron chi connectivity index (χ0n) is 12.8. The van der Waals surface area contributed by atoms with Crippen LogP contribution in [0.4, 0.5) is 0 Å². The molecule has 1 saturated heterocycles. The average molecular weight is 292 g/mol. The minimum Gasteiger partial charge on any atom is -0.313 e. The Morgan fingerprint density at radius 1 is 1.30 bits per heavy atom. The lowest BCUT2D eigenvalue weighted by molar-refractivity contribution is 0.214. The van der Waals surface area contributed by atoms with Gasteiger partial charge in [-0.05, 0) is 38.4 Å². The molecule has 0 aromatic heterocycles. The molecule has 20 heavy (non-hydrogen) atoms. The molecule has 1 fully saturated rings. The first-order valence-electron chi connectivity index (χ1n) is 7.95. The average Bonchev–Trinajstić information content (AvgIpc) is 2.63. The lowest BCUT2D eigenvalue weighted by Crippen LogP contribution is -2.41. The zero-order valence-corrected chi connectivity index (χ0v) is 13.7. The van der Waals surface area contributed by atoms with E-state index in [1.54, 1.807) is 0 Å². The fourth-order valence-corrected chi connectivity index (χ4v) is 3.77. The van der Waals surface area contributed by atoms with Gasteiger partial charge in [0, 0.05) is 35.8 Å². The van der Waals surface area contributed by atoms with Crippen LogP contribution in [0.2, 0.25) is 0 Å². The van der Waals surface area contributed by atoms with Crippen molar-refractivity contribution in [3.05, 3.63) is 30.3 Å². The van der Waals surface area contributed by atoms with Crippen LogP contribution in [-0.4, -0.2) is 42.4 Å². The number of hydrogen-bond acceptors (Lipinski definition) is 3. The van der Waals surface area contributed by atoms with E-state index in [9.17, 15) is 0 Å². The predicted octanol–water partition coefficient (Wildman–Crippen LogP) is 3.63. The second-order valence-electron chi connectivity index (χ2n) is 5.73. The van der Waals surface area contributed by atoms with Gasteiger partial charge in [0.15, 0.2) is 0 Å². The summed E-state index contributed by atoms with van der Waals surface area (Å²) in [6.07, 6.45) is 3.85. The van der Waals surface area contributed by atoms with Crippen molar-refractivity contribution >= 4 is 11.8 Å². The summed E-state index contributed by atoms with van der Waals surface area (Å²) in [5.74, 6) is 1.19. The van der Waals surface area contributed by atoms with Gasteiger partial charge in [0.05, 0.1) is 0 Å². The molecule has 1 aromatic carbocycles. The monoisotopic (exact) mass is 292 g/mol. The number of benzene rings is 1. The summed E-state index contributed by atoms with van der Waals surface area (Å²) in [5.41, 5.74) is 0. The maximum absolute atomic E-state index is 3.70. The van der Waals surface area contributed by atoms with Crippen LogP contribution in [0.5, 0.6) is 0 Å². The van der Waals surface area contributed by atoms with E-state index >= 15 is 0 Å². The molecule has 1 N–H and O–H groups in total. The quantitative estimate of drug-likeness (QED) is 0.806. The minimum absolute atomic E-state index is 0.687. The van der Waals surface area contributed by atoms with Crippen molar-refractivity contribution in [1.29, 1.82) is 0 Å². The molecule has 0 radical (unpaired) electrons. The third-order valence-corrected chi connectivity index (χ3v) is 5.09. The normalized spacial score (nSPS) is 24.5. The Morgan fingerprint density at radius 2 is 2.10 bits per heavy atom. The number of nitrogens with one attached hydrogen (secondary N) is 1. The van der Waals surface area contributed by atoms with Crippen LogP contribution in [0, 0.1) is 0 Å². The molecule has 0 spiro atoms. The fourth-order valence-electron chi connectivity index (χ4n) is 2.86. The Balaban J connectivity index is 1.79. The molecule has 2 unspecified atom stereocenters. The molecular formula is C17H28N2S. The smallest absolute Gasteiger partial charge is 0.0195 e. The topological polar surface area (TPSA) is 15.3 Å². The molecule has 3 heteroatoms. The van der Waals surface area contributed by atoms with Gasteiger partial charge in [-0.1, -0.05) is 31.5 Å². The maximum Gasteiger partial charge on any atom is 0.0195 e. The third-order valence-electron chi connectivity index (χ3n) is 4.10. The standard InChI is InChI=1S/C17H28N2S/c1-3-7-16-14-19(15(2)10-11-18-16)12-13-20-17-8-5-4-6-9-17/h4-6,8-9,15-16,18H,3,7,10-14H2,1-2H3. The second-order valence-corrected chi connectivity index (χ2v) is 6.90. The number of nitrogens with zero attached hydrogens (tertiary/aromatic N) is 1. The zero-order chi connectivity index (χ0) is 14.2. The van der Waals surface area contributed by atoms with Crippen LogP contribution in [0.3, 0.4) is 0 Å². The summed E-state index contributed by atoms with van der Waals surface area (Å²) < 4.78 is 0. The van der Waals surface area contributed by atoms with Gasteiger partial charge in [-0.15, -0.1) is 11.8 Å². The largest absolute Gasteiger partial charge is 0.313 e. The number of rotatable bonds is 6. The molecule has 2 atom stereocenters. The van der Waals surface area contributed by atoms with Gasteiger partial charge < -0.3 is 5.32 Å². The van der Waals surface area contributed by atoms with Gasteiger partial charge in [0.2, 0.25) is 0 Å². The van der Waals surface area contributed by atoms with Crippen LogP contribution < -0.4 is 5.32 Å². The van der Waals surface area contributed by atoms with Crippen LogP contribution in [0.1, 0.15) is 33.1 Å². The van der Waals surface area contributed by atoms with Crippen LogP contribution in [0.25, 0.3) is 0 Å². The van der Waals surface area contributed by atoms with E-state index in [1.807, 2.05) is 11.8 Å². The Bertz CT molecular complexity index is 369. The van der Waals surface area contributed by atoms with Crippen molar-refractivity contribution in [3.8, 4) is 0 Å².